The highest BCUT2D eigenvalue weighted by atomic mass is 35.5. The predicted octanol–water partition coefficient (Wildman–Crippen LogP) is 4.80. The molecule has 4 rings (SSSR count). The Balaban J connectivity index is 1.80. The van der Waals surface area contributed by atoms with Gasteiger partial charge in [-0.15, -0.1) is 0 Å². The van der Waals surface area contributed by atoms with Crippen molar-refractivity contribution in [2.24, 2.45) is 0 Å². The average molecular weight is 484 g/mol. The van der Waals surface area contributed by atoms with E-state index in [2.05, 4.69) is 9.97 Å². The van der Waals surface area contributed by atoms with Crippen LogP contribution in [0.4, 0.5) is 23.2 Å². The van der Waals surface area contributed by atoms with Gasteiger partial charge in [-0.2, -0.15) is 0 Å². The molecule has 0 aliphatic rings. The fourth-order valence-corrected chi connectivity index (χ4v) is 4.43. The van der Waals surface area contributed by atoms with Gasteiger partial charge < -0.3 is 4.98 Å². The first-order valence-electron chi connectivity index (χ1n) is 8.72. The molecule has 0 aliphatic heterocycles. The highest BCUT2D eigenvalue weighted by molar-refractivity contribution is 7.92. The van der Waals surface area contributed by atoms with Crippen LogP contribution in [-0.4, -0.2) is 24.2 Å². The van der Waals surface area contributed by atoms with Crippen molar-refractivity contribution in [3.05, 3.63) is 88.2 Å². The Labute approximate surface area is 182 Å². The van der Waals surface area contributed by atoms with E-state index in [4.69, 9.17) is 11.6 Å². The maximum atomic E-state index is 15.1. The van der Waals surface area contributed by atoms with Crippen LogP contribution in [-0.2, 0) is 10.0 Å². The molecular formula is C20H10ClF4N3O3S. The fraction of sp³-hybridized carbons (Fsp3) is 0. The zero-order valence-corrected chi connectivity index (χ0v) is 17.2. The van der Waals surface area contributed by atoms with Gasteiger partial charge in [0.05, 0.1) is 16.3 Å². The summed E-state index contributed by atoms with van der Waals surface area (Å²) in [7, 11) is -4.95. The number of fused-ring (bicyclic) bond motifs is 1. The number of nitrogens with zero attached hydrogens (tertiary/aromatic N) is 1. The van der Waals surface area contributed by atoms with Crippen LogP contribution in [0.1, 0.15) is 15.9 Å². The van der Waals surface area contributed by atoms with E-state index in [-0.39, 0.29) is 21.6 Å². The number of benzene rings is 2. The minimum absolute atomic E-state index is 0.167. The number of hydrogen-bond acceptors (Lipinski definition) is 4. The molecule has 32 heavy (non-hydrogen) atoms. The smallest absolute Gasteiger partial charge is 0.267 e. The first kappa shape index (κ1) is 21.8. The summed E-state index contributed by atoms with van der Waals surface area (Å²) in [5.41, 5.74) is -1.91. The molecule has 0 radical (unpaired) electrons. The van der Waals surface area contributed by atoms with Gasteiger partial charge in [-0.25, -0.2) is 31.0 Å². The van der Waals surface area contributed by atoms with Gasteiger partial charge in [0.2, 0.25) is 5.78 Å². The SMILES string of the molecule is O=C(c1c(F)ccc(NS(=O)(=O)c2c(F)cccc2F)c1F)c1c[nH]c2ncc(Cl)cc12. The molecule has 0 saturated heterocycles. The number of pyridine rings is 1. The molecule has 0 bridgehead atoms. The van der Waals surface area contributed by atoms with Crippen molar-refractivity contribution in [1.29, 1.82) is 0 Å². The number of nitrogens with one attached hydrogen (secondary N) is 2. The monoisotopic (exact) mass is 483 g/mol. The summed E-state index contributed by atoms with van der Waals surface area (Å²) < 4.78 is 83.8. The maximum Gasteiger partial charge on any atom is 0.267 e. The summed E-state index contributed by atoms with van der Waals surface area (Å²) in [6.07, 6.45) is 2.47. The van der Waals surface area contributed by atoms with Gasteiger partial charge in [0.15, 0.2) is 10.7 Å². The van der Waals surface area contributed by atoms with Crippen LogP contribution in [0, 0.1) is 23.3 Å². The van der Waals surface area contributed by atoms with Crippen LogP contribution in [0.2, 0.25) is 5.02 Å². The molecule has 12 heteroatoms. The molecule has 2 heterocycles. The largest absolute Gasteiger partial charge is 0.345 e. The molecule has 0 aliphatic carbocycles. The number of ketones is 1. The van der Waals surface area contributed by atoms with E-state index in [1.165, 1.54) is 18.5 Å². The van der Waals surface area contributed by atoms with Crippen molar-refractivity contribution in [1.82, 2.24) is 9.97 Å². The third-order valence-corrected chi connectivity index (χ3v) is 6.12. The molecule has 0 fully saturated rings. The molecule has 164 valence electrons. The highest BCUT2D eigenvalue weighted by Gasteiger charge is 2.29. The first-order valence-corrected chi connectivity index (χ1v) is 10.6. The second-order valence-electron chi connectivity index (χ2n) is 6.52. The molecule has 4 aromatic rings. The molecule has 0 amide bonds. The molecule has 6 nitrogen and oxygen atoms in total. The average Bonchev–Trinajstić information content (AvgIpc) is 3.13. The predicted molar refractivity (Wildman–Crippen MR) is 108 cm³/mol. The number of halogens is 5. The van der Waals surface area contributed by atoms with Crippen LogP contribution in [0.25, 0.3) is 11.0 Å². The number of hydrogen-bond donors (Lipinski definition) is 2. The summed E-state index contributed by atoms with van der Waals surface area (Å²) >= 11 is 5.87. The quantitative estimate of drug-likeness (QED) is 0.315. The summed E-state index contributed by atoms with van der Waals surface area (Å²) in [6, 6.07) is 5.03. The zero-order chi connectivity index (χ0) is 23.2. The van der Waals surface area contributed by atoms with E-state index >= 15 is 4.39 Å². The van der Waals surface area contributed by atoms with E-state index in [0.29, 0.717) is 24.3 Å². The molecule has 2 N–H and O–H groups in total. The van der Waals surface area contributed by atoms with Gasteiger partial charge in [-0.05, 0) is 30.3 Å². The summed E-state index contributed by atoms with van der Waals surface area (Å²) in [4.78, 5) is 18.2. The first-order chi connectivity index (χ1) is 15.1. The lowest BCUT2D eigenvalue weighted by Gasteiger charge is -2.12. The van der Waals surface area contributed by atoms with Crippen LogP contribution >= 0.6 is 11.6 Å². The molecular weight excluding hydrogens is 474 g/mol. The minimum atomic E-state index is -4.95. The number of sulfonamides is 1. The van der Waals surface area contributed by atoms with Crippen molar-refractivity contribution in [3.8, 4) is 0 Å². The van der Waals surface area contributed by atoms with Crippen LogP contribution in [0.15, 0.2) is 53.7 Å². The van der Waals surface area contributed by atoms with Crippen molar-refractivity contribution < 1.29 is 30.8 Å². The number of aromatic amines is 1. The zero-order valence-electron chi connectivity index (χ0n) is 15.6. The van der Waals surface area contributed by atoms with Crippen LogP contribution in [0.3, 0.4) is 0 Å². The second kappa shape index (κ2) is 7.92. The number of H-pyrrole nitrogens is 1. The highest BCUT2D eigenvalue weighted by Crippen LogP contribution is 2.29. The van der Waals surface area contributed by atoms with Gasteiger partial charge in [-0.3, -0.25) is 9.52 Å². The molecule has 0 spiro atoms. The van der Waals surface area contributed by atoms with Gasteiger partial charge in [0, 0.05) is 23.3 Å². The van der Waals surface area contributed by atoms with E-state index < -0.39 is 55.2 Å². The number of carbonyl (C=O) groups excluding carboxylic acids is 1. The lowest BCUT2D eigenvalue weighted by molar-refractivity contribution is 0.103. The Morgan fingerprint density at radius 2 is 1.72 bits per heavy atom. The number of rotatable bonds is 5. The van der Waals surface area contributed by atoms with Crippen molar-refractivity contribution >= 4 is 44.1 Å². The Hall–Kier alpha value is -3.44. The minimum Gasteiger partial charge on any atom is -0.345 e. The van der Waals surface area contributed by atoms with Gasteiger partial charge in [0.25, 0.3) is 10.0 Å². The van der Waals surface area contributed by atoms with E-state index in [0.717, 1.165) is 6.07 Å². The van der Waals surface area contributed by atoms with Gasteiger partial charge in [-0.1, -0.05) is 17.7 Å². The molecule has 0 unspecified atom stereocenters. The molecule has 0 atom stereocenters. The summed E-state index contributed by atoms with van der Waals surface area (Å²) in [5, 5.41) is 0.348. The Bertz CT molecular complexity index is 1490. The number of anilines is 1. The Morgan fingerprint density at radius 3 is 2.41 bits per heavy atom. The number of carbonyl (C=O) groups is 1. The summed E-state index contributed by atoms with van der Waals surface area (Å²) in [5.74, 6) is -6.82. The molecule has 2 aromatic carbocycles. The normalized spacial score (nSPS) is 11.7. The lowest BCUT2D eigenvalue weighted by atomic mass is 10.0. The number of aromatic nitrogens is 2. The van der Waals surface area contributed by atoms with Crippen LogP contribution < -0.4 is 4.72 Å². The standard InChI is InChI=1S/C20H10ClF4N3O3S/c21-9-6-10-11(8-27-20(10)26-7-9)18(29)16-12(22)4-5-15(17(16)25)28-32(30,31)19-13(23)2-1-3-14(19)24/h1-8,28H,(H,26,27). The topological polar surface area (TPSA) is 91.9 Å². The van der Waals surface area contributed by atoms with Crippen molar-refractivity contribution in [3.63, 3.8) is 0 Å². The third-order valence-electron chi connectivity index (χ3n) is 4.49. The van der Waals surface area contributed by atoms with Crippen molar-refractivity contribution in [2.75, 3.05) is 4.72 Å². The maximum absolute atomic E-state index is 15.1. The van der Waals surface area contributed by atoms with E-state index in [9.17, 15) is 26.4 Å². The van der Waals surface area contributed by atoms with Crippen molar-refractivity contribution in [2.45, 2.75) is 4.90 Å². The summed E-state index contributed by atoms with van der Waals surface area (Å²) in [6.45, 7) is 0. The Kier molecular flexibility index (Phi) is 5.39. The molecule has 0 saturated carbocycles. The van der Waals surface area contributed by atoms with Gasteiger partial charge >= 0.3 is 0 Å². The third kappa shape index (κ3) is 3.69. The van der Waals surface area contributed by atoms with E-state index in [1.54, 1.807) is 4.72 Å². The van der Waals surface area contributed by atoms with Gasteiger partial charge in [0.1, 0.15) is 23.1 Å². The fourth-order valence-electron chi connectivity index (χ4n) is 3.07. The Morgan fingerprint density at radius 1 is 1.03 bits per heavy atom. The van der Waals surface area contributed by atoms with E-state index in [1.807, 2.05) is 0 Å². The van der Waals surface area contributed by atoms with Crippen LogP contribution in [0.5, 0.6) is 0 Å². The lowest BCUT2D eigenvalue weighted by Crippen LogP contribution is -2.18. The molecule has 2 aromatic heterocycles. The second-order valence-corrected chi connectivity index (χ2v) is 8.58.